The molecule has 5 heteroatoms. The van der Waals surface area contributed by atoms with E-state index >= 15 is 0 Å². The molecule has 0 aliphatic carbocycles. The molecular formula is C22H31O4P. The van der Waals surface area contributed by atoms with Crippen molar-refractivity contribution in [1.82, 2.24) is 0 Å². The van der Waals surface area contributed by atoms with Crippen LogP contribution in [-0.2, 0) is 25.5 Å². The van der Waals surface area contributed by atoms with Gasteiger partial charge >= 0.3 is 7.82 Å². The van der Waals surface area contributed by atoms with Crippen LogP contribution in [0.1, 0.15) is 70.7 Å². The zero-order valence-electron chi connectivity index (χ0n) is 17.3. The van der Waals surface area contributed by atoms with Gasteiger partial charge in [0.15, 0.2) is 0 Å². The Morgan fingerprint density at radius 2 is 1.04 bits per heavy atom. The lowest BCUT2D eigenvalue weighted by Crippen LogP contribution is -2.28. The molecule has 148 valence electrons. The summed E-state index contributed by atoms with van der Waals surface area (Å²) in [4.78, 5) is 19.2. The highest BCUT2D eigenvalue weighted by Gasteiger charge is 2.38. The molecule has 2 aromatic carbocycles. The SMILES string of the molecule is CC(C)(C)c1cccc(C(C)(OP(=O)(O)O)c2cccc(C(C)(C)C)c2)c1. The summed E-state index contributed by atoms with van der Waals surface area (Å²) in [5.41, 5.74) is 2.12. The molecule has 0 bridgehead atoms. The standard InChI is InChI=1S/C22H31O4P/c1-20(2,3)16-10-8-12-18(14-16)22(7,26-27(23,24)25)19-13-9-11-17(15-19)21(4,5)6/h8-15H,1-7H3,(H2,23,24,25). The van der Waals surface area contributed by atoms with Gasteiger partial charge in [0.2, 0.25) is 0 Å². The fraction of sp³-hybridized carbons (Fsp3) is 0.455. The van der Waals surface area contributed by atoms with E-state index in [0.717, 1.165) is 11.1 Å². The molecule has 0 aromatic heterocycles. The summed E-state index contributed by atoms with van der Waals surface area (Å²) in [7, 11) is -4.73. The molecule has 27 heavy (non-hydrogen) atoms. The predicted octanol–water partition coefficient (Wildman–Crippen LogP) is 5.65. The van der Waals surface area contributed by atoms with Crippen molar-refractivity contribution in [1.29, 1.82) is 0 Å². The quantitative estimate of drug-likeness (QED) is 0.662. The zero-order chi connectivity index (χ0) is 20.7. The van der Waals surface area contributed by atoms with Crippen LogP contribution in [0.5, 0.6) is 0 Å². The Hall–Kier alpha value is -1.45. The molecule has 0 spiro atoms. The second-order valence-corrected chi connectivity index (χ2v) is 10.4. The Balaban J connectivity index is 2.70. The van der Waals surface area contributed by atoms with E-state index in [0.29, 0.717) is 11.1 Å². The van der Waals surface area contributed by atoms with Gasteiger partial charge < -0.3 is 9.79 Å². The third kappa shape index (κ3) is 5.30. The van der Waals surface area contributed by atoms with Crippen LogP contribution in [0.25, 0.3) is 0 Å². The number of hydrogen-bond donors (Lipinski definition) is 2. The molecule has 0 heterocycles. The molecule has 0 aliphatic heterocycles. The van der Waals surface area contributed by atoms with E-state index in [1.807, 2.05) is 48.5 Å². The van der Waals surface area contributed by atoms with E-state index in [1.54, 1.807) is 6.92 Å². The maximum Gasteiger partial charge on any atom is 0.470 e. The maximum absolute atomic E-state index is 11.8. The number of phosphoric acid groups is 1. The Morgan fingerprint density at radius 1 is 0.704 bits per heavy atom. The molecule has 2 aromatic rings. The van der Waals surface area contributed by atoms with Gasteiger partial charge in [-0.1, -0.05) is 90.1 Å². The first-order valence-corrected chi connectivity index (χ1v) is 10.6. The van der Waals surface area contributed by atoms with E-state index < -0.39 is 13.4 Å². The van der Waals surface area contributed by atoms with Gasteiger partial charge in [0, 0.05) is 0 Å². The monoisotopic (exact) mass is 390 g/mol. The highest BCUT2D eigenvalue weighted by molar-refractivity contribution is 7.46. The van der Waals surface area contributed by atoms with Crippen molar-refractivity contribution in [3.63, 3.8) is 0 Å². The Labute approximate surface area is 162 Å². The smallest absolute Gasteiger partial charge is 0.303 e. The highest BCUT2D eigenvalue weighted by atomic mass is 31.2. The van der Waals surface area contributed by atoms with Crippen LogP contribution >= 0.6 is 7.82 Å². The molecule has 4 nitrogen and oxygen atoms in total. The summed E-state index contributed by atoms with van der Waals surface area (Å²) >= 11 is 0. The minimum Gasteiger partial charge on any atom is -0.303 e. The van der Waals surface area contributed by atoms with Crippen LogP contribution in [0.15, 0.2) is 48.5 Å². The summed E-state index contributed by atoms with van der Waals surface area (Å²) in [5.74, 6) is 0. The first-order valence-electron chi connectivity index (χ1n) is 9.11. The summed E-state index contributed by atoms with van der Waals surface area (Å²) in [6, 6.07) is 15.5. The van der Waals surface area contributed by atoms with Crippen LogP contribution in [-0.4, -0.2) is 9.79 Å². The summed E-state index contributed by atoms with van der Waals surface area (Å²) in [5, 5.41) is 0. The molecule has 0 atom stereocenters. The molecule has 0 aliphatic rings. The fourth-order valence-electron chi connectivity index (χ4n) is 3.07. The van der Waals surface area contributed by atoms with Crippen molar-refractivity contribution in [3.8, 4) is 0 Å². The van der Waals surface area contributed by atoms with Crippen LogP contribution in [0.4, 0.5) is 0 Å². The molecular weight excluding hydrogens is 359 g/mol. The average Bonchev–Trinajstić information content (AvgIpc) is 2.52. The van der Waals surface area contributed by atoms with E-state index in [-0.39, 0.29) is 10.8 Å². The first kappa shape index (κ1) is 21.8. The van der Waals surface area contributed by atoms with Crippen LogP contribution in [0.3, 0.4) is 0 Å². The maximum atomic E-state index is 11.8. The van der Waals surface area contributed by atoms with Crippen LogP contribution in [0.2, 0.25) is 0 Å². The van der Waals surface area contributed by atoms with E-state index in [4.69, 9.17) is 4.52 Å². The van der Waals surface area contributed by atoms with Gasteiger partial charge in [-0.25, -0.2) is 4.57 Å². The van der Waals surface area contributed by atoms with Crippen LogP contribution in [0, 0.1) is 0 Å². The van der Waals surface area contributed by atoms with Crippen molar-refractivity contribution in [2.75, 3.05) is 0 Å². The topological polar surface area (TPSA) is 66.8 Å². The first-order chi connectivity index (χ1) is 12.1. The third-order valence-corrected chi connectivity index (χ3v) is 5.46. The zero-order valence-corrected chi connectivity index (χ0v) is 18.2. The average molecular weight is 390 g/mol. The number of hydrogen-bond acceptors (Lipinski definition) is 2. The molecule has 0 saturated carbocycles. The molecule has 0 saturated heterocycles. The van der Waals surface area contributed by atoms with Gasteiger partial charge in [-0.15, -0.1) is 0 Å². The second-order valence-electron chi connectivity index (χ2n) is 9.28. The molecule has 2 rings (SSSR count). The summed E-state index contributed by atoms with van der Waals surface area (Å²) in [6.45, 7) is 14.3. The van der Waals surface area contributed by atoms with E-state index in [1.165, 1.54) is 0 Å². The lowest BCUT2D eigenvalue weighted by atomic mass is 9.79. The van der Waals surface area contributed by atoms with Crippen molar-refractivity contribution in [3.05, 3.63) is 70.8 Å². The summed E-state index contributed by atoms with van der Waals surface area (Å²) in [6.07, 6.45) is 0. The van der Waals surface area contributed by atoms with Crippen molar-refractivity contribution < 1.29 is 18.9 Å². The number of rotatable bonds is 4. The Morgan fingerprint density at radius 3 is 1.33 bits per heavy atom. The predicted molar refractivity (Wildman–Crippen MR) is 110 cm³/mol. The normalized spacial score (nSPS) is 13.7. The largest absolute Gasteiger partial charge is 0.470 e. The molecule has 0 unspecified atom stereocenters. The van der Waals surface area contributed by atoms with Gasteiger partial charge in [0.25, 0.3) is 0 Å². The van der Waals surface area contributed by atoms with Crippen molar-refractivity contribution >= 4 is 7.82 Å². The van der Waals surface area contributed by atoms with Crippen molar-refractivity contribution in [2.24, 2.45) is 0 Å². The molecule has 0 amide bonds. The Bertz CT molecular complexity index is 796. The number of phosphoric ester groups is 1. The highest BCUT2D eigenvalue weighted by Crippen LogP contribution is 2.49. The second kappa shape index (κ2) is 7.18. The number of benzene rings is 2. The fourth-order valence-corrected chi connectivity index (χ4v) is 3.76. The van der Waals surface area contributed by atoms with Gasteiger partial charge in [-0.2, -0.15) is 0 Å². The van der Waals surface area contributed by atoms with E-state index in [9.17, 15) is 14.4 Å². The molecule has 2 N–H and O–H groups in total. The summed E-state index contributed by atoms with van der Waals surface area (Å²) < 4.78 is 17.2. The van der Waals surface area contributed by atoms with Gasteiger partial charge in [0.1, 0.15) is 5.60 Å². The van der Waals surface area contributed by atoms with Gasteiger partial charge in [0.05, 0.1) is 0 Å². The Kier molecular flexibility index (Phi) is 5.81. The third-order valence-electron chi connectivity index (χ3n) is 4.86. The van der Waals surface area contributed by atoms with E-state index in [2.05, 4.69) is 41.5 Å². The minimum atomic E-state index is -4.73. The van der Waals surface area contributed by atoms with Crippen LogP contribution < -0.4 is 0 Å². The lowest BCUT2D eigenvalue weighted by molar-refractivity contribution is 0.0807. The van der Waals surface area contributed by atoms with Gasteiger partial charge in [-0.05, 0) is 40.0 Å². The van der Waals surface area contributed by atoms with Crippen molar-refractivity contribution in [2.45, 2.75) is 64.9 Å². The molecule has 0 fully saturated rings. The lowest BCUT2D eigenvalue weighted by Gasteiger charge is -2.33. The minimum absolute atomic E-state index is 0.0910. The van der Waals surface area contributed by atoms with Gasteiger partial charge in [-0.3, -0.25) is 4.52 Å². The molecule has 0 radical (unpaired) electrons.